The second-order valence-electron chi connectivity index (χ2n) is 6.99. The van der Waals surface area contributed by atoms with Gasteiger partial charge in [0.15, 0.2) is 5.13 Å². The number of ether oxygens (including phenoxy) is 1. The lowest BCUT2D eigenvalue weighted by atomic mass is 10.2. The molecule has 8 nitrogen and oxygen atoms in total. The fourth-order valence-corrected chi connectivity index (χ4v) is 4.43. The Balaban J connectivity index is 1.56. The number of benzene rings is 2. The fraction of sp³-hybridized carbons (Fsp3) is 0.217. The molecule has 3 N–H and O–H groups in total. The molecular weight excluding hydrogens is 462 g/mol. The van der Waals surface area contributed by atoms with Crippen LogP contribution in [0.5, 0.6) is 5.75 Å². The molecule has 0 aliphatic carbocycles. The first-order valence-corrected chi connectivity index (χ1v) is 11.8. The molecule has 0 saturated carbocycles. The van der Waals surface area contributed by atoms with Gasteiger partial charge in [0.2, 0.25) is 11.8 Å². The number of rotatable bonds is 10. The van der Waals surface area contributed by atoms with E-state index in [1.54, 1.807) is 32.2 Å². The number of nitrogens with zero attached hydrogens (tertiary/aromatic N) is 1. The van der Waals surface area contributed by atoms with E-state index >= 15 is 0 Å². The molecule has 2 amide bonds. The Labute approximate surface area is 199 Å². The molecule has 2 aromatic carbocycles. The standard InChI is InChI=1S/C23H23N3O5S2/c1-14(33-18-5-3-4-16(12-18)24-20(27)10-11-21(28)29)22(30)26-23-25-19(13-32-23)15-6-8-17(31-2)9-7-15/h3-9,12-14H,10-11H2,1-2H3,(H,24,27)(H,28,29)(H,25,26,30). The number of methoxy groups -OCH3 is 1. The number of carboxylic acids is 1. The van der Waals surface area contributed by atoms with E-state index in [4.69, 9.17) is 9.84 Å². The molecule has 10 heteroatoms. The molecule has 3 rings (SSSR count). The summed E-state index contributed by atoms with van der Waals surface area (Å²) < 4.78 is 5.16. The Hall–Kier alpha value is -3.37. The minimum Gasteiger partial charge on any atom is -0.497 e. The Morgan fingerprint density at radius 1 is 1.12 bits per heavy atom. The van der Waals surface area contributed by atoms with Gasteiger partial charge >= 0.3 is 5.97 Å². The summed E-state index contributed by atoms with van der Waals surface area (Å²) in [5.74, 6) is -0.823. The monoisotopic (exact) mass is 485 g/mol. The summed E-state index contributed by atoms with van der Waals surface area (Å²) >= 11 is 2.69. The number of hydrogen-bond donors (Lipinski definition) is 3. The van der Waals surface area contributed by atoms with Crippen molar-refractivity contribution in [3.63, 3.8) is 0 Å². The molecule has 1 heterocycles. The summed E-state index contributed by atoms with van der Waals surface area (Å²) in [6.07, 6.45) is -0.327. The lowest BCUT2D eigenvalue weighted by Gasteiger charge is -2.12. The van der Waals surface area contributed by atoms with Crippen molar-refractivity contribution in [2.45, 2.75) is 29.9 Å². The molecule has 0 radical (unpaired) electrons. The maximum atomic E-state index is 12.7. The summed E-state index contributed by atoms with van der Waals surface area (Å²) in [5.41, 5.74) is 2.24. The molecule has 1 unspecified atom stereocenters. The largest absolute Gasteiger partial charge is 0.497 e. The van der Waals surface area contributed by atoms with E-state index in [0.29, 0.717) is 10.8 Å². The molecule has 1 atom stereocenters. The zero-order valence-corrected chi connectivity index (χ0v) is 19.7. The fourth-order valence-electron chi connectivity index (χ4n) is 2.78. The van der Waals surface area contributed by atoms with E-state index in [-0.39, 0.29) is 24.7 Å². The summed E-state index contributed by atoms with van der Waals surface area (Å²) in [4.78, 5) is 40.4. The smallest absolute Gasteiger partial charge is 0.303 e. The minimum atomic E-state index is -1.02. The quantitative estimate of drug-likeness (QED) is 0.355. The SMILES string of the molecule is COc1ccc(-c2csc(NC(=O)C(C)Sc3cccc(NC(=O)CCC(=O)O)c3)n2)cc1. The van der Waals surface area contributed by atoms with Gasteiger partial charge in [0, 0.05) is 27.9 Å². The van der Waals surface area contributed by atoms with E-state index < -0.39 is 11.2 Å². The highest BCUT2D eigenvalue weighted by atomic mass is 32.2. The maximum absolute atomic E-state index is 12.7. The van der Waals surface area contributed by atoms with Crippen LogP contribution in [0.15, 0.2) is 58.8 Å². The van der Waals surface area contributed by atoms with Gasteiger partial charge in [-0.3, -0.25) is 14.4 Å². The van der Waals surface area contributed by atoms with Crippen LogP contribution in [-0.2, 0) is 14.4 Å². The average molecular weight is 486 g/mol. The number of carbonyl (C=O) groups excluding carboxylic acids is 2. The number of aliphatic carboxylic acids is 1. The average Bonchev–Trinajstić information content (AvgIpc) is 3.26. The zero-order chi connectivity index (χ0) is 23.8. The van der Waals surface area contributed by atoms with Gasteiger partial charge in [-0.1, -0.05) is 6.07 Å². The van der Waals surface area contributed by atoms with Crippen molar-refractivity contribution in [2.24, 2.45) is 0 Å². The van der Waals surface area contributed by atoms with Crippen LogP contribution in [0.1, 0.15) is 19.8 Å². The Kier molecular flexibility index (Phi) is 8.45. The van der Waals surface area contributed by atoms with E-state index in [0.717, 1.165) is 21.9 Å². The van der Waals surface area contributed by atoms with Crippen molar-refractivity contribution in [2.75, 3.05) is 17.7 Å². The van der Waals surface area contributed by atoms with Gasteiger partial charge in [-0.15, -0.1) is 23.1 Å². The molecule has 0 bridgehead atoms. The first kappa shape index (κ1) is 24.3. The van der Waals surface area contributed by atoms with Crippen LogP contribution in [0.2, 0.25) is 0 Å². The highest BCUT2D eigenvalue weighted by Crippen LogP contribution is 2.29. The van der Waals surface area contributed by atoms with Crippen LogP contribution in [-0.4, -0.2) is 40.2 Å². The maximum Gasteiger partial charge on any atom is 0.303 e. The number of thioether (sulfide) groups is 1. The predicted molar refractivity (Wildman–Crippen MR) is 130 cm³/mol. The third kappa shape index (κ3) is 7.33. The second-order valence-corrected chi connectivity index (χ2v) is 9.26. The van der Waals surface area contributed by atoms with Gasteiger partial charge < -0.3 is 20.5 Å². The molecule has 1 aromatic heterocycles. The van der Waals surface area contributed by atoms with E-state index in [1.165, 1.54) is 23.1 Å². The number of carboxylic acid groups (broad SMARTS) is 1. The second kappa shape index (κ2) is 11.5. The summed E-state index contributed by atoms with van der Waals surface area (Å²) in [6.45, 7) is 1.79. The normalized spacial score (nSPS) is 11.5. The molecule has 0 fully saturated rings. The topological polar surface area (TPSA) is 118 Å². The van der Waals surface area contributed by atoms with Gasteiger partial charge in [-0.05, 0) is 49.4 Å². The molecule has 0 aliphatic rings. The van der Waals surface area contributed by atoms with Crippen molar-refractivity contribution >= 4 is 51.7 Å². The van der Waals surface area contributed by atoms with Crippen molar-refractivity contribution in [3.05, 3.63) is 53.9 Å². The highest BCUT2D eigenvalue weighted by Gasteiger charge is 2.17. The lowest BCUT2D eigenvalue weighted by molar-refractivity contribution is -0.138. The number of nitrogens with one attached hydrogen (secondary N) is 2. The molecule has 0 aliphatic heterocycles. The summed E-state index contributed by atoms with van der Waals surface area (Å²) in [6, 6.07) is 14.6. The summed E-state index contributed by atoms with van der Waals surface area (Å²) in [7, 11) is 1.61. The van der Waals surface area contributed by atoms with E-state index in [9.17, 15) is 14.4 Å². The third-order valence-electron chi connectivity index (χ3n) is 4.49. The minimum absolute atomic E-state index is 0.0994. The van der Waals surface area contributed by atoms with Gasteiger partial charge in [-0.2, -0.15) is 0 Å². The number of thiazole rings is 1. The van der Waals surface area contributed by atoms with Crippen molar-refractivity contribution in [1.82, 2.24) is 4.98 Å². The van der Waals surface area contributed by atoms with Gasteiger partial charge in [-0.25, -0.2) is 4.98 Å². The zero-order valence-electron chi connectivity index (χ0n) is 18.0. The van der Waals surface area contributed by atoms with Crippen molar-refractivity contribution in [3.8, 4) is 17.0 Å². The molecule has 172 valence electrons. The van der Waals surface area contributed by atoms with Crippen LogP contribution in [0.25, 0.3) is 11.3 Å². The molecule has 3 aromatic rings. The number of amides is 2. The van der Waals surface area contributed by atoms with Gasteiger partial charge in [0.1, 0.15) is 5.75 Å². The lowest BCUT2D eigenvalue weighted by Crippen LogP contribution is -2.22. The van der Waals surface area contributed by atoms with Crippen molar-refractivity contribution in [1.29, 1.82) is 0 Å². The van der Waals surface area contributed by atoms with E-state index in [1.807, 2.05) is 35.7 Å². The highest BCUT2D eigenvalue weighted by molar-refractivity contribution is 8.00. The Bertz CT molecular complexity index is 1130. The molecular formula is C23H23N3O5S2. The Morgan fingerprint density at radius 2 is 1.88 bits per heavy atom. The first-order valence-electron chi connectivity index (χ1n) is 10.0. The third-order valence-corrected chi connectivity index (χ3v) is 6.34. The van der Waals surface area contributed by atoms with Crippen molar-refractivity contribution < 1.29 is 24.2 Å². The predicted octanol–water partition coefficient (Wildman–Crippen LogP) is 4.74. The van der Waals surface area contributed by atoms with Crippen LogP contribution in [0.3, 0.4) is 0 Å². The summed E-state index contributed by atoms with van der Waals surface area (Å²) in [5, 5.41) is 16.2. The molecule has 0 saturated heterocycles. The van der Waals surface area contributed by atoms with Crippen LogP contribution < -0.4 is 15.4 Å². The van der Waals surface area contributed by atoms with Gasteiger partial charge in [0.05, 0.1) is 24.5 Å². The van der Waals surface area contributed by atoms with Gasteiger partial charge in [0.25, 0.3) is 0 Å². The number of aromatic nitrogens is 1. The first-order chi connectivity index (χ1) is 15.8. The van der Waals surface area contributed by atoms with Crippen LogP contribution >= 0.6 is 23.1 Å². The molecule has 33 heavy (non-hydrogen) atoms. The van der Waals surface area contributed by atoms with E-state index in [2.05, 4.69) is 15.6 Å². The Morgan fingerprint density at radius 3 is 2.58 bits per heavy atom. The number of hydrogen-bond acceptors (Lipinski definition) is 7. The number of carbonyl (C=O) groups is 3. The van der Waals surface area contributed by atoms with Crippen LogP contribution in [0, 0.1) is 0 Å². The van der Waals surface area contributed by atoms with Crippen LogP contribution in [0.4, 0.5) is 10.8 Å². The number of anilines is 2. The molecule has 0 spiro atoms.